The smallest absolute Gasteiger partial charge is 0.240 e. The van der Waals surface area contributed by atoms with Crippen LogP contribution in [-0.2, 0) is 4.79 Å². The van der Waals surface area contributed by atoms with E-state index < -0.39 is 0 Å². The maximum Gasteiger partial charge on any atom is 0.240 e. The van der Waals surface area contributed by atoms with Gasteiger partial charge in [0.1, 0.15) is 6.04 Å². The van der Waals surface area contributed by atoms with Gasteiger partial charge in [0.25, 0.3) is 0 Å². The molecule has 0 aromatic heterocycles. The summed E-state index contributed by atoms with van der Waals surface area (Å²) in [6.45, 7) is 1.68. The summed E-state index contributed by atoms with van der Waals surface area (Å²) in [6, 6.07) is 0.574. The Morgan fingerprint density at radius 1 is 1.50 bits per heavy atom. The highest BCUT2D eigenvalue weighted by molar-refractivity contribution is 5.86. The minimum absolute atomic E-state index is 0.366. The van der Waals surface area contributed by atoms with Gasteiger partial charge < -0.3 is 5.73 Å². The molecule has 3 nitrogen and oxygen atoms in total. The second kappa shape index (κ2) is 2.67. The van der Waals surface area contributed by atoms with Crippen molar-refractivity contribution < 1.29 is 4.79 Å². The molecule has 0 aromatic rings. The Morgan fingerprint density at radius 2 is 1.88 bits per heavy atom. The Bertz CT molecular complexity index is 90.4. The van der Waals surface area contributed by atoms with Crippen molar-refractivity contribution in [2.24, 2.45) is 5.73 Å². The predicted octanol–water partition coefficient (Wildman–Crippen LogP) is -0.415. The summed E-state index contributed by atoms with van der Waals surface area (Å²) in [7, 11) is 3.56. The summed E-state index contributed by atoms with van der Waals surface area (Å²) in [5.74, 6) is -0.366. The molecule has 0 saturated carbocycles. The van der Waals surface area contributed by atoms with Gasteiger partial charge in [0.05, 0.1) is 0 Å². The summed E-state index contributed by atoms with van der Waals surface area (Å²) in [5, 5.41) is 0. The average molecular weight is 115 g/mol. The van der Waals surface area contributed by atoms with Crippen LogP contribution in [-0.4, -0.2) is 24.9 Å². The molecule has 0 aliphatic rings. The van der Waals surface area contributed by atoms with Gasteiger partial charge >= 0.3 is 0 Å². The minimum atomic E-state index is -0.366. The molecule has 0 aliphatic heterocycles. The third kappa shape index (κ3) is 1.93. The van der Waals surface area contributed by atoms with Crippen LogP contribution in [0.3, 0.4) is 0 Å². The number of hydrogen-bond donors (Lipinski definition) is 1. The highest BCUT2D eigenvalue weighted by Crippen LogP contribution is 1.97. The maximum atomic E-state index is 10.3. The van der Waals surface area contributed by atoms with Gasteiger partial charge in [-0.1, -0.05) is 0 Å². The predicted molar refractivity (Wildman–Crippen MR) is 31.8 cm³/mol. The van der Waals surface area contributed by atoms with Crippen molar-refractivity contribution in [1.29, 1.82) is 0 Å². The molecule has 47 valence electrons. The SMILES string of the molecule is C[C](C(N)=O)N(C)C. The summed E-state index contributed by atoms with van der Waals surface area (Å²) < 4.78 is 0. The van der Waals surface area contributed by atoms with Gasteiger partial charge in [-0.3, -0.25) is 9.69 Å². The quantitative estimate of drug-likeness (QED) is 0.531. The fraction of sp³-hybridized carbons (Fsp3) is 0.600. The normalized spacial score (nSPS) is 10.6. The van der Waals surface area contributed by atoms with E-state index in [1.165, 1.54) is 0 Å². The number of amides is 1. The van der Waals surface area contributed by atoms with Crippen LogP contribution in [0.2, 0.25) is 0 Å². The van der Waals surface area contributed by atoms with Crippen molar-refractivity contribution in [3.63, 3.8) is 0 Å². The Kier molecular flexibility index (Phi) is 2.48. The van der Waals surface area contributed by atoms with Crippen LogP contribution < -0.4 is 5.73 Å². The number of nitrogens with two attached hydrogens (primary N) is 1. The molecule has 1 radical (unpaired) electrons. The first kappa shape index (κ1) is 7.43. The zero-order chi connectivity index (χ0) is 6.73. The number of likely N-dealkylation sites (N-methyl/N-ethyl adjacent to an activating group) is 1. The van der Waals surface area contributed by atoms with Crippen LogP contribution in [0.1, 0.15) is 6.92 Å². The molecule has 0 aliphatic carbocycles. The number of primary amides is 1. The molecule has 0 unspecified atom stereocenters. The highest BCUT2D eigenvalue weighted by atomic mass is 16.1. The van der Waals surface area contributed by atoms with E-state index in [0.29, 0.717) is 6.04 Å². The third-order valence-electron chi connectivity index (χ3n) is 1.03. The van der Waals surface area contributed by atoms with Crippen molar-refractivity contribution >= 4 is 5.91 Å². The van der Waals surface area contributed by atoms with Crippen LogP contribution in [0.4, 0.5) is 0 Å². The van der Waals surface area contributed by atoms with E-state index in [2.05, 4.69) is 0 Å². The number of carbonyl (C=O) groups is 1. The molecule has 0 atom stereocenters. The molecule has 0 spiro atoms. The van der Waals surface area contributed by atoms with Gasteiger partial charge in [0.15, 0.2) is 0 Å². The second-order valence-corrected chi connectivity index (χ2v) is 1.84. The first-order chi connectivity index (χ1) is 3.55. The molecule has 0 saturated heterocycles. The van der Waals surface area contributed by atoms with Crippen molar-refractivity contribution in [2.45, 2.75) is 6.92 Å². The molecule has 0 aromatic carbocycles. The monoisotopic (exact) mass is 115 g/mol. The average Bonchev–Trinajstić information content (AvgIpc) is 1.64. The van der Waals surface area contributed by atoms with Crippen molar-refractivity contribution in [3.8, 4) is 0 Å². The second-order valence-electron chi connectivity index (χ2n) is 1.84. The van der Waals surface area contributed by atoms with E-state index in [1.807, 2.05) is 0 Å². The van der Waals surface area contributed by atoms with Gasteiger partial charge in [0.2, 0.25) is 5.91 Å². The van der Waals surface area contributed by atoms with Gasteiger partial charge in [-0.15, -0.1) is 0 Å². The maximum absolute atomic E-state index is 10.3. The van der Waals surface area contributed by atoms with E-state index in [-0.39, 0.29) is 5.91 Å². The molecule has 0 rings (SSSR count). The zero-order valence-electron chi connectivity index (χ0n) is 5.43. The van der Waals surface area contributed by atoms with Crippen molar-refractivity contribution in [3.05, 3.63) is 6.04 Å². The lowest BCUT2D eigenvalue weighted by Gasteiger charge is -2.13. The van der Waals surface area contributed by atoms with E-state index in [1.54, 1.807) is 25.9 Å². The van der Waals surface area contributed by atoms with Crippen LogP contribution in [0.25, 0.3) is 0 Å². The fourth-order valence-electron chi connectivity index (χ4n) is 0.220. The lowest BCUT2D eigenvalue weighted by atomic mass is 10.3. The molecule has 1 amide bonds. The largest absolute Gasteiger partial charge is 0.368 e. The summed E-state index contributed by atoms with van der Waals surface area (Å²) in [6.07, 6.45) is 0. The molecule has 0 fully saturated rings. The fourth-order valence-corrected chi connectivity index (χ4v) is 0.220. The van der Waals surface area contributed by atoms with Crippen LogP contribution in [0.15, 0.2) is 0 Å². The summed E-state index contributed by atoms with van der Waals surface area (Å²) >= 11 is 0. The molecular weight excluding hydrogens is 104 g/mol. The number of hydrogen-bond acceptors (Lipinski definition) is 2. The Labute approximate surface area is 49.5 Å². The number of carbonyl (C=O) groups excluding carboxylic acids is 1. The first-order valence-electron chi connectivity index (χ1n) is 2.36. The minimum Gasteiger partial charge on any atom is -0.368 e. The van der Waals surface area contributed by atoms with Crippen LogP contribution in [0, 0.1) is 6.04 Å². The topological polar surface area (TPSA) is 46.3 Å². The van der Waals surface area contributed by atoms with Crippen molar-refractivity contribution in [2.75, 3.05) is 14.1 Å². The third-order valence-corrected chi connectivity index (χ3v) is 1.03. The Hall–Kier alpha value is -0.570. The molecule has 8 heavy (non-hydrogen) atoms. The number of nitrogens with zero attached hydrogens (tertiary/aromatic N) is 1. The summed E-state index contributed by atoms with van der Waals surface area (Å²) in [5.41, 5.74) is 4.92. The van der Waals surface area contributed by atoms with E-state index >= 15 is 0 Å². The Morgan fingerprint density at radius 3 is 1.88 bits per heavy atom. The van der Waals surface area contributed by atoms with Gasteiger partial charge in [-0.25, -0.2) is 0 Å². The molecule has 0 bridgehead atoms. The van der Waals surface area contributed by atoms with E-state index in [0.717, 1.165) is 0 Å². The number of rotatable bonds is 2. The molecule has 0 heterocycles. The van der Waals surface area contributed by atoms with Gasteiger partial charge in [-0.2, -0.15) is 0 Å². The molecular formula is C5H11N2O. The van der Waals surface area contributed by atoms with E-state index in [9.17, 15) is 4.79 Å². The van der Waals surface area contributed by atoms with Crippen LogP contribution >= 0.6 is 0 Å². The van der Waals surface area contributed by atoms with E-state index in [4.69, 9.17) is 5.73 Å². The lowest BCUT2D eigenvalue weighted by Crippen LogP contribution is -2.30. The molecule has 3 heteroatoms. The zero-order valence-corrected chi connectivity index (χ0v) is 5.43. The summed E-state index contributed by atoms with van der Waals surface area (Å²) in [4.78, 5) is 12.0. The molecule has 2 N–H and O–H groups in total. The van der Waals surface area contributed by atoms with Crippen molar-refractivity contribution in [1.82, 2.24) is 4.90 Å². The highest BCUT2D eigenvalue weighted by Gasteiger charge is 2.10. The van der Waals surface area contributed by atoms with Gasteiger partial charge in [-0.05, 0) is 21.0 Å². The lowest BCUT2D eigenvalue weighted by molar-refractivity contribution is -0.118. The van der Waals surface area contributed by atoms with Gasteiger partial charge in [0, 0.05) is 0 Å². The standard InChI is InChI=1S/C5H11N2O/c1-4(5(6)8)7(2)3/h1-3H3,(H2,6,8). The van der Waals surface area contributed by atoms with Crippen LogP contribution in [0.5, 0.6) is 0 Å². The first-order valence-corrected chi connectivity index (χ1v) is 2.36. The Balaban J connectivity index is 3.64.